The summed E-state index contributed by atoms with van der Waals surface area (Å²) in [6.07, 6.45) is 2.12. The van der Waals surface area contributed by atoms with E-state index in [9.17, 15) is 9.59 Å². The summed E-state index contributed by atoms with van der Waals surface area (Å²) in [5.74, 6) is -0.311. The molecule has 0 radical (unpaired) electrons. The molecular formula is C16H21N3O2. The van der Waals surface area contributed by atoms with Gasteiger partial charge in [-0.3, -0.25) is 4.79 Å². The van der Waals surface area contributed by atoms with Crippen molar-refractivity contribution < 1.29 is 9.59 Å². The van der Waals surface area contributed by atoms with E-state index in [2.05, 4.69) is 22.6 Å². The molecule has 1 aliphatic rings. The third-order valence-corrected chi connectivity index (χ3v) is 3.99. The minimum absolute atomic E-state index is 0.311. The molecule has 1 N–H and O–H groups in total. The van der Waals surface area contributed by atoms with Crippen LogP contribution in [0.5, 0.6) is 0 Å². The van der Waals surface area contributed by atoms with Crippen LogP contribution in [0.1, 0.15) is 42.5 Å². The third-order valence-electron chi connectivity index (χ3n) is 3.99. The van der Waals surface area contributed by atoms with E-state index in [-0.39, 0.29) is 5.91 Å². The van der Waals surface area contributed by atoms with Gasteiger partial charge in [-0.05, 0) is 45.2 Å². The first-order chi connectivity index (χ1) is 9.78. The predicted octanol–water partition coefficient (Wildman–Crippen LogP) is 2.67. The second kappa shape index (κ2) is 5.31. The Bertz CT molecular complexity index is 613. The van der Waals surface area contributed by atoms with Crippen LogP contribution in [0.15, 0.2) is 17.2 Å². The minimum atomic E-state index is -0.855. The molecule has 21 heavy (non-hydrogen) atoms. The van der Waals surface area contributed by atoms with Crippen LogP contribution in [-0.2, 0) is 4.79 Å². The van der Waals surface area contributed by atoms with Gasteiger partial charge in [0, 0.05) is 5.56 Å². The summed E-state index contributed by atoms with van der Waals surface area (Å²) < 4.78 is 0. The maximum atomic E-state index is 12.2. The first-order valence-electron chi connectivity index (χ1n) is 7.07. The van der Waals surface area contributed by atoms with Gasteiger partial charge in [0.15, 0.2) is 0 Å². The number of amides is 3. The van der Waals surface area contributed by atoms with E-state index >= 15 is 0 Å². The Kier molecular flexibility index (Phi) is 3.85. The van der Waals surface area contributed by atoms with Crippen LogP contribution in [-0.4, -0.2) is 28.7 Å². The zero-order valence-electron chi connectivity index (χ0n) is 13.2. The molecule has 1 saturated heterocycles. The molecule has 0 unspecified atom stereocenters. The highest BCUT2D eigenvalue weighted by Crippen LogP contribution is 2.21. The van der Waals surface area contributed by atoms with Gasteiger partial charge in [-0.25, -0.2) is 4.79 Å². The van der Waals surface area contributed by atoms with Gasteiger partial charge in [-0.1, -0.05) is 24.6 Å². The van der Waals surface area contributed by atoms with Gasteiger partial charge in [0.25, 0.3) is 5.91 Å². The van der Waals surface area contributed by atoms with E-state index in [0.29, 0.717) is 6.42 Å². The van der Waals surface area contributed by atoms with Crippen molar-refractivity contribution in [2.45, 2.75) is 46.6 Å². The average Bonchev–Trinajstić information content (AvgIpc) is 2.61. The van der Waals surface area contributed by atoms with E-state index in [1.807, 2.05) is 27.7 Å². The van der Waals surface area contributed by atoms with Crippen LogP contribution in [0, 0.1) is 20.8 Å². The summed E-state index contributed by atoms with van der Waals surface area (Å²) in [6.45, 7) is 9.59. The molecule has 2 rings (SSSR count). The Balaban J connectivity index is 2.31. The lowest BCUT2D eigenvalue weighted by molar-refractivity contribution is -0.130. The number of hydrogen-bond donors (Lipinski definition) is 1. The Morgan fingerprint density at radius 1 is 1.24 bits per heavy atom. The Hall–Kier alpha value is -2.17. The predicted molar refractivity (Wildman–Crippen MR) is 82.3 cm³/mol. The summed E-state index contributed by atoms with van der Waals surface area (Å²) in [6, 6.07) is 3.63. The van der Waals surface area contributed by atoms with Gasteiger partial charge < -0.3 is 5.32 Å². The van der Waals surface area contributed by atoms with E-state index in [0.717, 1.165) is 21.7 Å². The lowest BCUT2D eigenvalue weighted by atomic mass is 10.00. The third kappa shape index (κ3) is 2.68. The number of nitrogens with zero attached hydrogens (tertiary/aromatic N) is 2. The zero-order valence-corrected chi connectivity index (χ0v) is 13.2. The highest BCUT2D eigenvalue weighted by molar-refractivity contribution is 6.07. The monoisotopic (exact) mass is 287 g/mol. The quantitative estimate of drug-likeness (QED) is 0.686. The number of imide groups is 1. The number of nitrogens with one attached hydrogen (secondary N) is 1. The molecule has 1 heterocycles. The molecule has 0 spiro atoms. The number of hydrogen-bond acceptors (Lipinski definition) is 3. The van der Waals surface area contributed by atoms with Gasteiger partial charge >= 0.3 is 6.03 Å². The van der Waals surface area contributed by atoms with Crippen molar-refractivity contribution >= 4 is 18.2 Å². The number of aryl methyl sites for hydroxylation is 3. The SMILES string of the molecule is CC[C@]1(C)NC(=O)N(N=Cc2c(C)cc(C)cc2C)C1=O. The van der Waals surface area contributed by atoms with Crippen LogP contribution >= 0.6 is 0 Å². The van der Waals surface area contributed by atoms with Crippen molar-refractivity contribution in [2.24, 2.45) is 5.10 Å². The van der Waals surface area contributed by atoms with Gasteiger partial charge in [0.1, 0.15) is 5.54 Å². The summed E-state index contributed by atoms with van der Waals surface area (Å²) in [5.41, 5.74) is 3.40. The molecule has 0 aliphatic carbocycles. The molecular weight excluding hydrogens is 266 g/mol. The molecule has 1 aliphatic heterocycles. The number of rotatable bonds is 3. The highest BCUT2D eigenvalue weighted by Gasteiger charge is 2.46. The molecule has 1 atom stereocenters. The number of hydrazone groups is 1. The van der Waals surface area contributed by atoms with Gasteiger partial charge in [-0.2, -0.15) is 5.10 Å². The fraction of sp³-hybridized carbons (Fsp3) is 0.438. The molecule has 1 aromatic carbocycles. The molecule has 0 bridgehead atoms. The molecule has 112 valence electrons. The molecule has 1 fully saturated rings. The van der Waals surface area contributed by atoms with E-state index < -0.39 is 11.6 Å². The fourth-order valence-electron chi connectivity index (χ4n) is 2.52. The molecule has 1 aromatic rings. The maximum absolute atomic E-state index is 12.2. The Morgan fingerprint density at radius 3 is 2.29 bits per heavy atom. The van der Waals surface area contributed by atoms with Crippen molar-refractivity contribution in [3.05, 3.63) is 34.4 Å². The fourth-order valence-corrected chi connectivity index (χ4v) is 2.52. The smallest absolute Gasteiger partial charge is 0.322 e. The van der Waals surface area contributed by atoms with Crippen molar-refractivity contribution in [1.82, 2.24) is 10.3 Å². The largest absolute Gasteiger partial charge is 0.346 e. The van der Waals surface area contributed by atoms with Crippen molar-refractivity contribution in [3.8, 4) is 0 Å². The normalized spacial score (nSPS) is 22.2. The van der Waals surface area contributed by atoms with E-state index in [1.54, 1.807) is 13.1 Å². The summed E-state index contributed by atoms with van der Waals surface area (Å²) >= 11 is 0. The van der Waals surface area contributed by atoms with Crippen molar-refractivity contribution in [2.75, 3.05) is 0 Å². The molecule has 0 saturated carbocycles. The minimum Gasteiger partial charge on any atom is -0.322 e. The topological polar surface area (TPSA) is 61.8 Å². The number of benzene rings is 1. The van der Waals surface area contributed by atoms with Crippen molar-refractivity contribution in [3.63, 3.8) is 0 Å². The van der Waals surface area contributed by atoms with Crippen molar-refractivity contribution in [1.29, 1.82) is 0 Å². The highest BCUT2D eigenvalue weighted by atomic mass is 16.2. The second-order valence-electron chi connectivity index (χ2n) is 5.79. The lowest BCUT2D eigenvalue weighted by Crippen LogP contribution is -2.42. The first-order valence-corrected chi connectivity index (χ1v) is 7.07. The van der Waals surface area contributed by atoms with Crippen LogP contribution in [0.4, 0.5) is 4.79 Å². The van der Waals surface area contributed by atoms with Crippen LogP contribution in [0.3, 0.4) is 0 Å². The van der Waals surface area contributed by atoms with E-state index in [4.69, 9.17) is 0 Å². The molecule has 5 heteroatoms. The van der Waals surface area contributed by atoms with Crippen LogP contribution < -0.4 is 5.32 Å². The standard InChI is InChI=1S/C16H21N3O2/c1-6-16(5)14(20)19(15(21)18-16)17-9-13-11(3)7-10(2)8-12(13)4/h7-9H,6H2,1-5H3,(H,18,21)/t16-/m0/s1. The maximum Gasteiger partial charge on any atom is 0.346 e. The first kappa shape index (κ1) is 15.2. The Labute approximate surface area is 125 Å². The summed E-state index contributed by atoms with van der Waals surface area (Å²) in [7, 11) is 0. The van der Waals surface area contributed by atoms with Crippen LogP contribution in [0.2, 0.25) is 0 Å². The summed E-state index contributed by atoms with van der Waals surface area (Å²) in [5, 5.41) is 7.69. The number of urea groups is 1. The average molecular weight is 287 g/mol. The second-order valence-corrected chi connectivity index (χ2v) is 5.79. The molecule has 0 aromatic heterocycles. The van der Waals surface area contributed by atoms with E-state index in [1.165, 1.54) is 5.56 Å². The van der Waals surface area contributed by atoms with Gasteiger partial charge in [0.2, 0.25) is 0 Å². The number of carbonyl (C=O) groups is 2. The summed E-state index contributed by atoms with van der Waals surface area (Å²) in [4.78, 5) is 24.1. The molecule has 3 amide bonds. The molecule has 5 nitrogen and oxygen atoms in total. The Morgan fingerprint density at radius 2 is 1.81 bits per heavy atom. The van der Waals surface area contributed by atoms with Gasteiger partial charge in [0.05, 0.1) is 6.21 Å². The van der Waals surface area contributed by atoms with Gasteiger partial charge in [-0.15, -0.1) is 5.01 Å². The zero-order chi connectivity index (χ0) is 15.8. The number of carbonyl (C=O) groups excluding carboxylic acids is 2. The van der Waals surface area contributed by atoms with Crippen LogP contribution in [0.25, 0.3) is 0 Å². The lowest BCUT2D eigenvalue weighted by Gasteiger charge is -2.17.